The van der Waals surface area contributed by atoms with Gasteiger partial charge >= 0.3 is 0 Å². The summed E-state index contributed by atoms with van der Waals surface area (Å²) < 4.78 is 9.38. The largest absolute Gasteiger partial charge is 0.496 e. The van der Waals surface area contributed by atoms with E-state index in [1.54, 1.807) is 28.4 Å². The Morgan fingerprint density at radius 1 is 1.29 bits per heavy atom. The minimum absolute atomic E-state index is 0.293. The molecule has 0 spiro atoms. The summed E-state index contributed by atoms with van der Waals surface area (Å²) in [7, 11) is 3.33. The van der Waals surface area contributed by atoms with Crippen molar-refractivity contribution in [2.75, 3.05) is 12.4 Å². The molecule has 0 unspecified atom stereocenters. The molecule has 1 amide bonds. The van der Waals surface area contributed by atoms with Gasteiger partial charge < -0.3 is 10.1 Å². The third-order valence-electron chi connectivity index (χ3n) is 3.62. The van der Waals surface area contributed by atoms with Gasteiger partial charge in [-0.3, -0.25) is 14.0 Å². The van der Waals surface area contributed by atoms with Crippen LogP contribution in [0.2, 0.25) is 0 Å². The van der Waals surface area contributed by atoms with E-state index < -0.39 is 0 Å². The van der Waals surface area contributed by atoms with E-state index in [0.29, 0.717) is 22.8 Å². The predicted octanol–water partition coefficient (Wildman–Crippen LogP) is 2.33. The summed E-state index contributed by atoms with van der Waals surface area (Å²) in [5, 5.41) is 14.9. The summed E-state index contributed by atoms with van der Waals surface area (Å²) in [5.74, 6) is 0.740. The molecule has 0 atom stereocenters. The van der Waals surface area contributed by atoms with Gasteiger partial charge in [-0.25, -0.2) is 0 Å². The van der Waals surface area contributed by atoms with Crippen molar-refractivity contribution in [3.8, 4) is 11.6 Å². The van der Waals surface area contributed by atoms with Gasteiger partial charge in [0.1, 0.15) is 24.1 Å². The first-order valence-electron chi connectivity index (χ1n) is 7.04. The lowest BCUT2D eigenvalue weighted by atomic mass is 10.2. The standard InChI is InChI=1S/C15H15BrN6O2/c1-9-13(14(20-21(9)2)22-7-17-18-8-22)19-15(23)11-6-10(16)4-5-12(11)24-3/h4-8H,1-3H3,(H,19,23). The summed E-state index contributed by atoms with van der Waals surface area (Å²) in [6.07, 6.45) is 3.05. The van der Waals surface area contributed by atoms with Crippen LogP contribution in [0.25, 0.3) is 5.82 Å². The van der Waals surface area contributed by atoms with Gasteiger partial charge in [-0.2, -0.15) is 5.10 Å². The lowest BCUT2D eigenvalue weighted by molar-refractivity contribution is 0.102. The minimum Gasteiger partial charge on any atom is -0.496 e. The van der Waals surface area contributed by atoms with Crippen molar-refractivity contribution in [3.63, 3.8) is 0 Å². The maximum Gasteiger partial charge on any atom is 0.259 e. The molecule has 0 radical (unpaired) electrons. The molecule has 0 saturated carbocycles. The molecule has 2 aromatic heterocycles. The van der Waals surface area contributed by atoms with Gasteiger partial charge in [0.05, 0.1) is 18.4 Å². The maximum absolute atomic E-state index is 12.7. The monoisotopic (exact) mass is 390 g/mol. The number of rotatable bonds is 4. The van der Waals surface area contributed by atoms with Crippen LogP contribution in [0.5, 0.6) is 5.75 Å². The Bertz CT molecular complexity index is 888. The average Bonchev–Trinajstić information content (AvgIpc) is 3.19. The van der Waals surface area contributed by atoms with Crippen molar-refractivity contribution in [2.45, 2.75) is 6.92 Å². The van der Waals surface area contributed by atoms with Crippen LogP contribution in [-0.2, 0) is 7.05 Å². The molecule has 0 bridgehead atoms. The zero-order chi connectivity index (χ0) is 17.3. The van der Waals surface area contributed by atoms with Gasteiger partial charge in [-0.15, -0.1) is 10.2 Å². The molecule has 0 aliphatic carbocycles. The Hall–Kier alpha value is -2.68. The second-order valence-corrected chi connectivity index (χ2v) is 5.99. The number of hydrogen-bond donors (Lipinski definition) is 1. The van der Waals surface area contributed by atoms with Crippen molar-refractivity contribution >= 4 is 27.5 Å². The molecule has 24 heavy (non-hydrogen) atoms. The molecule has 0 saturated heterocycles. The number of nitrogens with one attached hydrogen (secondary N) is 1. The Labute approximate surface area is 146 Å². The van der Waals surface area contributed by atoms with E-state index in [2.05, 4.69) is 36.5 Å². The van der Waals surface area contributed by atoms with Crippen LogP contribution in [-0.4, -0.2) is 37.6 Å². The van der Waals surface area contributed by atoms with E-state index in [0.717, 1.165) is 10.2 Å². The molecule has 0 aliphatic rings. The number of carbonyl (C=O) groups is 1. The first-order valence-corrected chi connectivity index (χ1v) is 7.84. The molecule has 1 N–H and O–H groups in total. The SMILES string of the molecule is COc1ccc(Br)cc1C(=O)Nc1c(-n2cnnc2)nn(C)c1C. The Balaban J connectivity index is 2.00. The highest BCUT2D eigenvalue weighted by molar-refractivity contribution is 9.10. The van der Waals surface area contributed by atoms with E-state index in [9.17, 15) is 4.79 Å². The molecule has 9 heteroatoms. The first-order chi connectivity index (χ1) is 11.5. The van der Waals surface area contributed by atoms with Crippen molar-refractivity contribution in [1.82, 2.24) is 24.5 Å². The molecule has 3 aromatic rings. The predicted molar refractivity (Wildman–Crippen MR) is 91.5 cm³/mol. The van der Waals surface area contributed by atoms with Gasteiger partial charge in [0.15, 0.2) is 5.82 Å². The van der Waals surface area contributed by atoms with Crippen molar-refractivity contribution in [1.29, 1.82) is 0 Å². The first kappa shape index (κ1) is 16.2. The van der Waals surface area contributed by atoms with Crippen molar-refractivity contribution in [2.24, 2.45) is 7.05 Å². The highest BCUT2D eigenvalue weighted by atomic mass is 79.9. The summed E-state index contributed by atoms with van der Waals surface area (Å²) in [6, 6.07) is 5.25. The topological polar surface area (TPSA) is 86.9 Å². The summed E-state index contributed by atoms with van der Waals surface area (Å²) >= 11 is 3.37. The number of benzene rings is 1. The van der Waals surface area contributed by atoms with Crippen molar-refractivity contribution in [3.05, 3.63) is 46.6 Å². The third kappa shape index (κ3) is 2.90. The third-order valence-corrected chi connectivity index (χ3v) is 4.12. The molecular formula is C15H15BrN6O2. The normalized spacial score (nSPS) is 10.7. The van der Waals surface area contributed by atoms with E-state index >= 15 is 0 Å². The van der Waals surface area contributed by atoms with Gasteiger partial charge in [0, 0.05) is 11.5 Å². The van der Waals surface area contributed by atoms with Crippen LogP contribution in [0.15, 0.2) is 35.3 Å². The average molecular weight is 391 g/mol. The van der Waals surface area contributed by atoms with E-state index in [4.69, 9.17) is 4.74 Å². The van der Waals surface area contributed by atoms with Gasteiger partial charge in [-0.1, -0.05) is 15.9 Å². The lowest BCUT2D eigenvalue weighted by Crippen LogP contribution is -2.15. The minimum atomic E-state index is -0.293. The van der Waals surface area contributed by atoms with E-state index in [-0.39, 0.29) is 5.91 Å². The smallest absolute Gasteiger partial charge is 0.259 e. The molecule has 3 rings (SSSR count). The van der Waals surface area contributed by atoms with Crippen LogP contribution in [0.4, 0.5) is 5.69 Å². The second kappa shape index (κ2) is 6.44. The molecule has 124 valence electrons. The number of aromatic nitrogens is 5. The van der Waals surface area contributed by atoms with Crippen molar-refractivity contribution < 1.29 is 9.53 Å². The summed E-state index contributed by atoms with van der Waals surface area (Å²) in [4.78, 5) is 12.7. The van der Waals surface area contributed by atoms with E-state index in [1.807, 2.05) is 13.0 Å². The van der Waals surface area contributed by atoms with Gasteiger partial charge in [0.25, 0.3) is 5.91 Å². The number of aryl methyl sites for hydroxylation is 1. The molecule has 0 aliphatic heterocycles. The molecule has 1 aromatic carbocycles. The van der Waals surface area contributed by atoms with Gasteiger partial charge in [-0.05, 0) is 25.1 Å². The molecular weight excluding hydrogens is 376 g/mol. The fourth-order valence-corrected chi connectivity index (χ4v) is 2.63. The Morgan fingerprint density at radius 2 is 2.00 bits per heavy atom. The van der Waals surface area contributed by atoms with Crippen LogP contribution in [0.1, 0.15) is 16.1 Å². The maximum atomic E-state index is 12.7. The fraction of sp³-hybridized carbons (Fsp3) is 0.200. The Morgan fingerprint density at radius 3 is 2.67 bits per heavy atom. The van der Waals surface area contributed by atoms with Crippen LogP contribution >= 0.6 is 15.9 Å². The molecule has 8 nitrogen and oxygen atoms in total. The zero-order valence-electron chi connectivity index (χ0n) is 13.3. The number of carbonyl (C=O) groups excluding carboxylic acids is 1. The number of methoxy groups -OCH3 is 1. The number of anilines is 1. The molecule has 0 fully saturated rings. The Kier molecular flexibility index (Phi) is 4.34. The molecule has 2 heterocycles. The second-order valence-electron chi connectivity index (χ2n) is 5.08. The fourth-order valence-electron chi connectivity index (χ4n) is 2.27. The quantitative estimate of drug-likeness (QED) is 0.738. The number of ether oxygens (including phenoxy) is 1. The van der Waals surface area contributed by atoms with Crippen LogP contribution in [0.3, 0.4) is 0 Å². The van der Waals surface area contributed by atoms with Crippen LogP contribution in [0, 0.1) is 6.92 Å². The van der Waals surface area contributed by atoms with Crippen LogP contribution < -0.4 is 10.1 Å². The number of hydrogen-bond acceptors (Lipinski definition) is 5. The summed E-state index contributed by atoms with van der Waals surface area (Å²) in [5.41, 5.74) is 1.81. The lowest BCUT2D eigenvalue weighted by Gasteiger charge is -2.10. The number of nitrogens with zero attached hydrogens (tertiary/aromatic N) is 5. The number of halogens is 1. The zero-order valence-corrected chi connectivity index (χ0v) is 14.9. The highest BCUT2D eigenvalue weighted by Gasteiger charge is 2.20. The summed E-state index contributed by atoms with van der Waals surface area (Å²) in [6.45, 7) is 1.87. The number of amides is 1. The van der Waals surface area contributed by atoms with E-state index in [1.165, 1.54) is 19.8 Å². The highest BCUT2D eigenvalue weighted by Crippen LogP contribution is 2.27. The van der Waals surface area contributed by atoms with Gasteiger partial charge in [0.2, 0.25) is 0 Å².